The Hall–Kier alpha value is -3.81. The lowest BCUT2D eigenvalue weighted by molar-refractivity contribution is 0.0940. The molecule has 0 unspecified atom stereocenters. The van der Waals surface area contributed by atoms with Crippen molar-refractivity contribution in [2.24, 2.45) is 5.92 Å². The van der Waals surface area contributed by atoms with Gasteiger partial charge in [0.1, 0.15) is 0 Å². The number of aromatic nitrogens is 3. The molecule has 2 N–H and O–H groups in total. The van der Waals surface area contributed by atoms with Gasteiger partial charge in [-0.25, -0.2) is 8.78 Å². The first-order valence-electron chi connectivity index (χ1n) is 11.8. The quantitative estimate of drug-likeness (QED) is 0.396. The summed E-state index contributed by atoms with van der Waals surface area (Å²) in [5.74, 6) is -3.64. The second kappa shape index (κ2) is 9.44. The van der Waals surface area contributed by atoms with Gasteiger partial charge in [-0.2, -0.15) is 5.10 Å². The summed E-state index contributed by atoms with van der Waals surface area (Å²) < 4.78 is 29.1. The Balaban J connectivity index is 1.19. The summed E-state index contributed by atoms with van der Waals surface area (Å²) in [6.07, 6.45) is 5.78. The number of aryl methyl sites for hydroxylation is 1. The summed E-state index contributed by atoms with van der Waals surface area (Å²) in [6, 6.07) is 14.2. The highest BCUT2D eigenvalue weighted by Crippen LogP contribution is 2.33. The fourth-order valence-corrected chi connectivity index (χ4v) is 4.73. The van der Waals surface area contributed by atoms with E-state index < -0.39 is 23.3 Å². The first kappa shape index (κ1) is 23.0. The first-order chi connectivity index (χ1) is 16.9. The molecule has 1 saturated carbocycles. The molecule has 8 heteroatoms. The van der Waals surface area contributed by atoms with Crippen LogP contribution in [0, 0.1) is 24.5 Å². The molecule has 1 fully saturated rings. The molecule has 4 aromatic rings. The lowest BCUT2D eigenvalue weighted by Gasteiger charge is -2.28. The number of halogens is 2. The third-order valence-electron chi connectivity index (χ3n) is 6.73. The van der Waals surface area contributed by atoms with Crippen molar-refractivity contribution in [2.45, 2.75) is 38.6 Å². The maximum absolute atomic E-state index is 13.5. The van der Waals surface area contributed by atoms with E-state index in [1.165, 1.54) is 0 Å². The Morgan fingerprint density at radius 1 is 1.09 bits per heavy atom. The van der Waals surface area contributed by atoms with E-state index in [2.05, 4.69) is 39.4 Å². The maximum atomic E-state index is 13.5. The summed E-state index contributed by atoms with van der Waals surface area (Å²) in [5.41, 5.74) is 3.74. The Kier molecular flexibility index (Phi) is 6.19. The minimum absolute atomic E-state index is 0.144. The Morgan fingerprint density at radius 2 is 1.83 bits per heavy atom. The average molecular weight is 477 g/mol. The molecule has 35 heavy (non-hydrogen) atoms. The highest BCUT2D eigenvalue weighted by Gasteiger charge is 2.24. The summed E-state index contributed by atoms with van der Waals surface area (Å²) in [6.45, 7) is 2.41. The Morgan fingerprint density at radius 3 is 2.54 bits per heavy atom. The number of hydrogen-bond acceptors (Lipinski definition) is 4. The number of phenols is 1. The monoisotopic (exact) mass is 476 g/mol. The molecular weight excluding hydrogens is 450 g/mol. The molecule has 1 aliphatic carbocycles. The van der Waals surface area contributed by atoms with Gasteiger partial charge in [0, 0.05) is 34.9 Å². The molecule has 1 amide bonds. The number of phenolic OH excluding ortho intramolecular Hbond substituents is 1. The summed E-state index contributed by atoms with van der Waals surface area (Å²) in [4.78, 5) is 16.9. The number of rotatable bonds is 5. The van der Waals surface area contributed by atoms with Crippen molar-refractivity contribution in [3.05, 3.63) is 77.6 Å². The molecule has 0 atom stereocenters. The average Bonchev–Trinajstić information content (AvgIpc) is 3.29. The highest BCUT2D eigenvalue weighted by molar-refractivity contribution is 5.94. The lowest BCUT2D eigenvalue weighted by atomic mass is 9.86. The van der Waals surface area contributed by atoms with E-state index in [1.54, 1.807) is 0 Å². The number of nitrogens with zero attached hydrogens (tertiary/aromatic N) is 3. The SMILES string of the molecule is Cc1cccc(-c2ccc3cn(C4CCC(CNC(=O)c5cc(F)c(O)c(F)c5)CC4)nc3c2)n1. The summed E-state index contributed by atoms with van der Waals surface area (Å²) >= 11 is 0. The van der Waals surface area contributed by atoms with Crippen molar-refractivity contribution < 1.29 is 18.7 Å². The Labute approximate surface area is 201 Å². The van der Waals surface area contributed by atoms with Crippen molar-refractivity contribution >= 4 is 16.8 Å². The molecule has 0 radical (unpaired) electrons. The number of nitrogens with one attached hydrogen (secondary N) is 1. The summed E-state index contributed by atoms with van der Waals surface area (Å²) in [7, 11) is 0. The van der Waals surface area contributed by atoms with E-state index >= 15 is 0 Å². The number of fused-ring (bicyclic) bond motifs is 1. The molecule has 1 aliphatic rings. The van der Waals surface area contributed by atoms with Gasteiger partial charge in [-0.05, 0) is 68.9 Å². The molecule has 6 nitrogen and oxygen atoms in total. The van der Waals surface area contributed by atoms with Crippen molar-refractivity contribution in [2.75, 3.05) is 6.54 Å². The Bertz CT molecular complexity index is 1370. The van der Waals surface area contributed by atoms with Gasteiger partial charge in [0.25, 0.3) is 5.91 Å². The van der Waals surface area contributed by atoms with Crippen LogP contribution in [0.2, 0.25) is 0 Å². The zero-order valence-electron chi connectivity index (χ0n) is 19.3. The van der Waals surface area contributed by atoms with Crippen LogP contribution in [-0.2, 0) is 0 Å². The van der Waals surface area contributed by atoms with Crippen LogP contribution in [0.25, 0.3) is 22.2 Å². The standard InChI is InChI=1S/C27H26F2N4O2/c1-16-3-2-4-24(31-16)18-7-8-19-15-33(32-25(19)13-18)21-9-5-17(6-10-21)14-30-27(35)20-11-22(28)26(34)23(29)12-20/h2-4,7-8,11-13,15,17,21,34H,5-6,9-10,14H2,1H3,(H,30,35). The second-order valence-corrected chi connectivity index (χ2v) is 9.22. The number of carbonyl (C=O) groups excluding carboxylic acids is 1. The van der Waals surface area contributed by atoms with E-state index in [1.807, 2.05) is 25.1 Å². The third-order valence-corrected chi connectivity index (χ3v) is 6.73. The number of aromatic hydroxyl groups is 1. The normalized spacial score (nSPS) is 18.0. The topological polar surface area (TPSA) is 80.0 Å². The van der Waals surface area contributed by atoms with Gasteiger partial charge in [-0.3, -0.25) is 14.5 Å². The van der Waals surface area contributed by atoms with E-state index in [0.717, 1.165) is 65.7 Å². The van der Waals surface area contributed by atoms with Crippen LogP contribution in [0.4, 0.5) is 8.78 Å². The number of amides is 1. The second-order valence-electron chi connectivity index (χ2n) is 9.22. The van der Waals surface area contributed by atoms with Crippen LogP contribution in [0.1, 0.15) is 47.8 Å². The lowest BCUT2D eigenvalue weighted by Crippen LogP contribution is -2.31. The number of carbonyl (C=O) groups is 1. The number of pyridine rings is 1. The highest BCUT2D eigenvalue weighted by atomic mass is 19.1. The minimum Gasteiger partial charge on any atom is -0.503 e. The van der Waals surface area contributed by atoms with Gasteiger partial charge < -0.3 is 10.4 Å². The van der Waals surface area contributed by atoms with E-state index in [0.29, 0.717) is 6.54 Å². The van der Waals surface area contributed by atoms with Gasteiger partial charge in [0.2, 0.25) is 0 Å². The summed E-state index contributed by atoms with van der Waals surface area (Å²) in [5, 5.41) is 17.9. The van der Waals surface area contributed by atoms with Crippen molar-refractivity contribution in [1.82, 2.24) is 20.1 Å². The van der Waals surface area contributed by atoms with Crippen LogP contribution in [0.3, 0.4) is 0 Å². The number of benzene rings is 2. The number of hydrogen-bond donors (Lipinski definition) is 2. The predicted octanol–water partition coefficient (Wildman–Crippen LogP) is 5.55. The predicted molar refractivity (Wildman–Crippen MR) is 129 cm³/mol. The van der Waals surface area contributed by atoms with E-state index in [4.69, 9.17) is 5.10 Å². The molecule has 2 aromatic heterocycles. The van der Waals surface area contributed by atoms with Gasteiger partial charge in [-0.15, -0.1) is 0 Å². The maximum Gasteiger partial charge on any atom is 0.251 e. The molecule has 0 bridgehead atoms. The zero-order valence-corrected chi connectivity index (χ0v) is 19.3. The van der Waals surface area contributed by atoms with Crippen molar-refractivity contribution in [1.29, 1.82) is 0 Å². The van der Waals surface area contributed by atoms with Gasteiger partial charge in [0.05, 0.1) is 17.3 Å². The smallest absolute Gasteiger partial charge is 0.251 e. The van der Waals surface area contributed by atoms with Crippen LogP contribution < -0.4 is 5.32 Å². The third kappa shape index (κ3) is 4.87. The largest absolute Gasteiger partial charge is 0.503 e. The van der Waals surface area contributed by atoms with E-state index in [9.17, 15) is 18.7 Å². The van der Waals surface area contributed by atoms with Crippen molar-refractivity contribution in [3.63, 3.8) is 0 Å². The van der Waals surface area contributed by atoms with Crippen molar-refractivity contribution in [3.8, 4) is 17.0 Å². The molecule has 180 valence electrons. The van der Waals surface area contributed by atoms with Crippen LogP contribution in [0.5, 0.6) is 5.75 Å². The fourth-order valence-electron chi connectivity index (χ4n) is 4.73. The van der Waals surface area contributed by atoms with Crippen LogP contribution in [-0.4, -0.2) is 32.3 Å². The molecule has 2 heterocycles. The van der Waals surface area contributed by atoms with Gasteiger partial charge in [-0.1, -0.05) is 18.2 Å². The molecule has 5 rings (SSSR count). The molecular formula is C27H26F2N4O2. The van der Waals surface area contributed by atoms with Gasteiger partial charge in [0.15, 0.2) is 17.4 Å². The van der Waals surface area contributed by atoms with E-state index in [-0.39, 0.29) is 17.5 Å². The molecule has 0 spiro atoms. The van der Waals surface area contributed by atoms with Crippen LogP contribution >= 0.6 is 0 Å². The first-order valence-corrected chi connectivity index (χ1v) is 11.8. The zero-order chi connectivity index (χ0) is 24.5. The minimum atomic E-state index is -1.15. The van der Waals surface area contributed by atoms with Crippen LogP contribution in [0.15, 0.2) is 54.7 Å². The molecule has 2 aromatic carbocycles. The fraction of sp³-hybridized carbons (Fsp3) is 0.296. The van der Waals surface area contributed by atoms with Gasteiger partial charge >= 0.3 is 0 Å². The molecule has 0 saturated heterocycles. The molecule has 0 aliphatic heterocycles.